The lowest BCUT2D eigenvalue weighted by Gasteiger charge is -2.23. The van der Waals surface area contributed by atoms with Crippen molar-refractivity contribution >= 4 is 21.6 Å². The van der Waals surface area contributed by atoms with Gasteiger partial charge in [0.25, 0.3) is 0 Å². The number of hydrogen-bond donors (Lipinski definition) is 1. The Labute approximate surface area is 179 Å². The minimum atomic E-state index is -3.58. The molecule has 7 heteroatoms. The predicted molar refractivity (Wildman–Crippen MR) is 121 cm³/mol. The van der Waals surface area contributed by atoms with E-state index in [-0.39, 0.29) is 12.5 Å². The molecule has 3 rings (SSSR count). The van der Waals surface area contributed by atoms with Crippen LogP contribution >= 0.6 is 0 Å². The molecule has 1 N–H and O–H groups in total. The van der Waals surface area contributed by atoms with Crippen LogP contribution in [0.4, 0.5) is 5.69 Å². The van der Waals surface area contributed by atoms with E-state index < -0.39 is 10.0 Å². The molecule has 0 atom stereocenters. The smallest absolute Gasteiger partial charge is 0.241 e. The highest BCUT2D eigenvalue weighted by Crippen LogP contribution is 2.21. The molecule has 0 spiro atoms. The lowest BCUT2D eigenvalue weighted by Crippen LogP contribution is -2.40. The molecule has 1 heterocycles. The lowest BCUT2D eigenvalue weighted by atomic mass is 10.1. The average molecular weight is 430 g/mol. The number of nitrogens with one attached hydrogen (secondary N) is 1. The number of hydrogen-bond acceptors (Lipinski definition) is 4. The Kier molecular flexibility index (Phi) is 7.15. The van der Waals surface area contributed by atoms with Crippen LogP contribution in [0.3, 0.4) is 0 Å². The van der Waals surface area contributed by atoms with Crippen molar-refractivity contribution in [1.29, 1.82) is 0 Å². The molecule has 30 heavy (non-hydrogen) atoms. The molecule has 162 valence electrons. The van der Waals surface area contributed by atoms with Gasteiger partial charge in [-0.15, -0.1) is 0 Å². The summed E-state index contributed by atoms with van der Waals surface area (Å²) < 4.78 is 25.8. The predicted octanol–water partition coefficient (Wildman–Crippen LogP) is 2.98. The molecule has 0 aromatic heterocycles. The molecule has 0 saturated carbocycles. The summed E-state index contributed by atoms with van der Waals surface area (Å²) in [6.45, 7) is 7.16. The largest absolute Gasteiger partial charge is 0.350 e. The molecule has 0 unspecified atom stereocenters. The molecule has 1 amide bonds. The summed E-state index contributed by atoms with van der Waals surface area (Å²) in [6, 6.07) is 13.7. The van der Waals surface area contributed by atoms with Crippen LogP contribution in [0.15, 0.2) is 42.5 Å². The number of likely N-dealkylation sites (tertiary alicyclic amines) is 1. The van der Waals surface area contributed by atoms with E-state index in [1.807, 2.05) is 32.0 Å². The van der Waals surface area contributed by atoms with Crippen molar-refractivity contribution in [3.05, 3.63) is 64.7 Å². The first-order chi connectivity index (χ1) is 14.2. The molecule has 0 bridgehead atoms. The molecular formula is C23H31N3O3S. The maximum absolute atomic E-state index is 12.6. The first kappa shape index (κ1) is 22.3. The number of aryl methyl sites for hydroxylation is 2. The van der Waals surface area contributed by atoms with E-state index in [0.29, 0.717) is 12.2 Å². The lowest BCUT2D eigenvalue weighted by molar-refractivity contribution is -0.119. The van der Waals surface area contributed by atoms with Gasteiger partial charge in [-0.2, -0.15) is 0 Å². The summed E-state index contributed by atoms with van der Waals surface area (Å²) in [5.74, 6) is -0.329. The van der Waals surface area contributed by atoms with Gasteiger partial charge in [-0.05, 0) is 74.2 Å². The Bertz CT molecular complexity index is 978. The summed E-state index contributed by atoms with van der Waals surface area (Å²) in [5, 5.41) is 2.86. The molecule has 2 aromatic carbocycles. The summed E-state index contributed by atoms with van der Waals surface area (Å²) in [5.41, 5.74) is 4.66. The van der Waals surface area contributed by atoms with Gasteiger partial charge in [0.05, 0.1) is 11.9 Å². The van der Waals surface area contributed by atoms with Crippen molar-refractivity contribution in [2.75, 3.05) is 30.2 Å². The van der Waals surface area contributed by atoms with Crippen LogP contribution in [0, 0.1) is 13.8 Å². The van der Waals surface area contributed by atoms with Gasteiger partial charge < -0.3 is 5.32 Å². The van der Waals surface area contributed by atoms with E-state index in [2.05, 4.69) is 22.3 Å². The van der Waals surface area contributed by atoms with Crippen LogP contribution in [0.2, 0.25) is 0 Å². The Morgan fingerprint density at radius 1 is 1.03 bits per heavy atom. The van der Waals surface area contributed by atoms with Gasteiger partial charge in [0.15, 0.2) is 0 Å². The third kappa shape index (κ3) is 6.31. The third-order valence-corrected chi connectivity index (χ3v) is 6.41. The van der Waals surface area contributed by atoms with Crippen molar-refractivity contribution < 1.29 is 13.2 Å². The molecule has 0 aliphatic carbocycles. The second kappa shape index (κ2) is 9.62. The number of amides is 1. The van der Waals surface area contributed by atoms with Crippen molar-refractivity contribution in [2.24, 2.45) is 0 Å². The van der Waals surface area contributed by atoms with Crippen LogP contribution in [-0.2, 0) is 27.9 Å². The second-order valence-corrected chi connectivity index (χ2v) is 10.1. The van der Waals surface area contributed by atoms with Crippen LogP contribution in [0.25, 0.3) is 0 Å². The number of nitrogens with zero attached hydrogens (tertiary/aromatic N) is 2. The molecule has 1 saturated heterocycles. The Morgan fingerprint density at radius 2 is 1.67 bits per heavy atom. The van der Waals surface area contributed by atoms with E-state index in [4.69, 9.17) is 0 Å². The number of carbonyl (C=O) groups excluding carboxylic acids is 1. The Morgan fingerprint density at radius 3 is 2.30 bits per heavy atom. The summed E-state index contributed by atoms with van der Waals surface area (Å²) >= 11 is 0. The van der Waals surface area contributed by atoms with Gasteiger partial charge in [-0.3, -0.25) is 14.0 Å². The van der Waals surface area contributed by atoms with Crippen LogP contribution in [0.1, 0.15) is 35.1 Å². The van der Waals surface area contributed by atoms with Crippen LogP contribution in [0.5, 0.6) is 0 Å². The molecule has 1 aliphatic heterocycles. The maximum atomic E-state index is 12.6. The number of anilines is 1. The van der Waals surface area contributed by atoms with E-state index in [0.717, 1.165) is 46.9 Å². The van der Waals surface area contributed by atoms with Gasteiger partial charge in [0, 0.05) is 13.1 Å². The summed E-state index contributed by atoms with van der Waals surface area (Å²) in [7, 11) is -3.58. The van der Waals surface area contributed by atoms with Gasteiger partial charge in [-0.1, -0.05) is 30.3 Å². The highest BCUT2D eigenvalue weighted by molar-refractivity contribution is 7.92. The highest BCUT2D eigenvalue weighted by Gasteiger charge is 2.21. The topological polar surface area (TPSA) is 69.7 Å². The first-order valence-corrected chi connectivity index (χ1v) is 12.2. The fourth-order valence-electron chi connectivity index (χ4n) is 3.92. The minimum absolute atomic E-state index is 0.241. The number of carbonyl (C=O) groups is 1. The van der Waals surface area contributed by atoms with E-state index in [1.165, 1.54) is 18.4 Å². The quantitative estimate of drug-likeness (QED) is 0.700. The fourth-order valence-corrected chi connectivity index (χ4v) is 4.76. The SMILES string of the molecule is Cc1cc(C)cc(N(CC(=O)NCc2cccc(CN3CCCC3)c2)S(C)(=O)=O)c1. The Hall–Kier alpha value is -2.38. The minimum Gasteiger partial charge on any atom is -0.350 e. The van der Waals surface area contributed by atoms with E-state index >= 15 is 0 Å². The average Bonchev–Trinajstić information content (AvgIpc) is 3.16. The first-order valence-electron chi connectivity index (χ1n) is 10.3. The van der Waals surface area contributed by atoms with E-state index in [9.17, 15) is 13.2 Å². The third-order valence-electron chi connectivity index (χ3n) is 5.27. The van der Waals surface area contributed by atoms with Gasteiger partial charge in [0.1, 0.15) is 6.54 Å². The van der Waals surface area contributed by atoms with Crippen molar-refractivity contribution in [2.45, 2.75) is 39.8 Å². The van der Waals surface area contributed by atoms with Gasteiger partial charge in [-0.25, -0.2) is 8.42 Å². The zero-order valence-electron chi connectivity index (χ0n) is 18.0. The molecule has 0 radical (unpaired) electrons. The fraction of sp³-hybridized carbons (Fsp3) is 0.435. The van der Waals surface area contributed by atoms with E-state index in [1.54, 1.807) is 12.1 Å². The molecule has 1 aliphatic rings. The molecule has 2 aromatic rings. The zero-order valence-corrected chi connectivity index (χ0v) is 18.8. The normalized spacial score (nSPS) is 14.6. The monoisotopic (exact) mass is 429 g/mol. The summed E-state index contributed by atoms with van der Waals surface area (Å²) in [6.07, 6.45) is 3.64. The van der Waals surface area contributed by atoms with Crippen molar-refractivity contribution in [3.63, 3.8) is 0 Å². The van der Waals surface area contributed by atoms with Crippen LogP contribution < -0.4 is 9.62 Å². The second-order valence-electron chi connectivity index (χ2n) is 8.20. The summed E-state index contributed by atoms with van der Waals surface area (Å²) in [4.78, 5) is 15.0. The molecular weight excluding hydrogens is 398 g/mol. The maximum Gasteiger partial charge on any atom is 0.241 e. The number of rotatable bonds is 8. The Balaban J connectivity index is 1.63. The van der Waals surface area contributed by atoms with Gasteiger partial charge in [0.2, 0.25) is 15.9 Å². The number of sulfonamides is 1. The molecule has 1 fully saturated rings. The van der Waals surface area contributed by atoms with Crippen molar-refractivity contribution in [3.8, 4) is 0 Å². The zero-order chi connectivity index (χ0) is 21.7. The highest BCUT2D eigenvalue weighted by atomic mass is 32.2. The molecule has 6 nitrogen and oxygen atoms in total. The standard InChI is InChI=1S/C23H31N3O3S/c1-18-11-19(2)13-22(12-18)26(30(3,28)29)17-23(27)24-15-20-7-6-8-21(14-20)16-25-9-4-5-10-25/h6-8,11-14H,4-5,9-10,15-17H2,1-3H3,(H,24,27). The van der Waals surface area contributed by atoms with Crippen LogP contribution in [-0.4, -0.2) is 45.1 Å². The number of benzene rings is 2. The van der Waals surface area contributed by atoms with Crippen molar-refractivity contribution in [1.82, 2.24) is 10.2 Å². The van der Waals surface area contributed by atoms with Gasteiger partial charge >= 0.3 is 0 Å².